The van der Waals surface area contributed by atoms with E-state index in [0.717, 1.165) is 22.8 Å². The number of ether oxygens (including phenoxy) is 1. The number of nitrogens with zero attached hydrogens (tertiary/aromatic N) is 1. The van der Waals surface area contributed by atoms with Crippen LogP contribution in [-0.4, -0.2) is 31.9 Å². The summed E-state index contributed by atoms with van der Waals surface area (Å²) in [7, 11) is 0. The number of fused-ring (bicyclic) bond motifs is 1. The Kier molecular flexibility index (Phi) is 5.91. The van der Waals surface area contributed by atoms with E-state index in [1.807, 2.05) is 42.5 Å². The number of carbonyl (C=O) groups is 1. The fourth-order valence-corrected chi connectivity index (χ4v) is 2.11. The molecule has 2 N–H and O–H groups in total. The van der Waals surface area contributed by atoms with Crippen LogP contribution < -0.4 is 5.73 Å². The molecule has 0 radical (unpaired) electrons. The van der Waals surface area contributed by atoms with Gasteiger partial charge in [-0.1, -0.05) is 36.4 Å². The molecule has 0 atom stereocenters. The number of benzene rings is 2. The molecule has 0 aliphatic carbocycles. The molecular formula is C17H20N2O2. The van der Waals surface area contributed by atoms with Crippen molar-refractivity contribution in [3.63, 3.8) is 0 Å². The van der Waals surface area contributed by atoms with Gasteiger partial charge in [0.15, 0.2) is 5.78 Å². The first-order valence-corrected chi connectivity index (χ1v) is 7.11. The van der Waals surface area contributed by atoms with Gasteiger partial charge >= 0.3 is 0 Å². The Hall–Kier alpha value is -2.20. The lowest BCUT2D eigenvalue weighted by atomic mass is 10.0. The van der Waals surface area contributed by atoms with E-state index in [2.05, 4.69) is 4.99 Å². The van der Waals surface area contributed by atoms with E-state index < -0.39 is 0 Å². The topological polar surface area (TPSA) is 64.7 Å². The molecule has 0 amide bonds. The first kappa shape index (κ1) is 15.2. The molecule has 2 aromatic rings. The lowest BCUT2D eigenvalue weighted by molar-refractivity contribution is 0.0877. The summed E-state index contributed by atoms with van der Waals surface area (Å²) < 4.78 is 5.42. The van der Waals surface area contributed by atoms with Gasteiger partial charge < -0.3 is 10.5 Å². The second-order valence-electron chi connectivity index (χ2n) is 4.76. The maximum atomic E-state index is 12.1. The second-order valence-corrected chi connectivity index (χ2v) is 4.76. The molecule has 0 unspecified atom stereocenters. The van der Waals surface area contributed by atoms with Crippen molar-refractivity contribution in [2.45, 2.75) is 12.8 Å². The van der Waals surface area contributed by atoms with Crippen LogP contribution in [0.25, 0.3) is 10.8 Å². The minimum atomic E-state index is 0.112. The molecule has 0 saturated carbocycles. The molecule has 0 aliphatic heterocycles. The lowest BCUT2D eigenvalue weighted by Gasteiger charge is -2.04. The summed E-state index contributed by atoms with van der Waals surface area (Å²) in [6.07, 6.45) is 2.51. The van der Waals surface area contributed by atoms with Gasteiger partial charge in [-0.2, -0.15) is 0 Å². The maximum absolute atomic E-state index is 12.1. The van der Waals surface area contributed by atoms with Gasteiger partial charge in [-0.3, -0.25) is 9.79 Å². The Morgan fingerprint density at radius 3 is 2.76 bits per heavy atom. The fraction of sp³-hybridized carbons (Fsp3) is 0.294. The summed E-state index contributed by atoms with van der Waals surface area (Å²) in [5.74, 6) is 0.112. The average Bonchev–Trinajstić information content (AvgIpc) is 2.53. The zero-order valence-electron chi connectivity index (χ0n) is 12.0. The van der Waals surface area contributed by atoms with Crippen molar-refractivity contribution >= 4 is 22.9 Å². The molecule has 0 saturated heterocycles. The number of hydrogen-bond acceptors (Lipinski definition) is 3. The fourth-order valence-electron chi connectivity index (χ4n) is 2.11. The number of aliphatic imine (C=N–C) groups is 1. The highest BCUT2D eigenvalue weighted by Crippen LogP contribution is 2.16. The number of nitrogens with two attached hydrogens (primary N) is 1. The highest BCUT2D eigenvalue weighted by atomic mass is 16.5. The van der Waals surface area contributed by atoms with Crippen molar-refractivity contribution in [1.82, 2.24) is 0 Å². The first-order chi connectivity index (χ1) is 10.3. The van der Waals surface area contributed by atoms with Gasteiger partial charge in [-0.15, -0.1) is 0 Å². The van der Waals surface area contributed by atoms with E-state index in [1.54, 1.807) is 0 Å². The molecule has 21 heavy (non-hydrogen) atoms. The molecule has 0 aliphatic rings. The van der Waals surface area contributed by atoms with E-state index in [-0.39, 0.29) is 5.78 Å². The van der Waals surface area contributed by atoms with Gasteiger partial charge in [0.05, 0.1) is 12.9 Å². The Labute approximate surface area is 124 Å². The minimum absolute atomic E-state index is 0.112. The molecule has 4 nitrogen and oxygen atoms in total. The maximum Gasteiger partial charge on any atom is 0.165 e. The molecule has 0 fully saturated rings. The molecule has 2 aromatic carbocycles. The normalized spacial score (nSPS) is 11.2. The molecular weight excluding hydrogens is 264 g/mol. The summed E-state index contributed by atoms with van der Waals surface area (Å²) in [5.41, 5.74) is 5.88. The minimum Gasteiger partial charge on any atom is -0.390 e. The van der Waals surface area contributed by atoms with Crippen LogP contribution in [0.1, 0.15) is 23.2 Å². The van der Waals surface area contributed by atoms with E-state index >= 15 is 0 Å². The van der Waals surface area contributed by atoms with Crippen LogP contribution >= 0.6 is 0 Å². The van der Waals surface area contributed by atoms with Crippen LogP contribution in [0.5, 0.6) is 0 Å². The van der Waals surface area contributed by atoms with E-state index in [1.165, 1.54) is 6.34 Å². The van der Waals surface area contributed by atoms with Gasteiger partial charge in [0.1, 0.15) is 0 Å². The SMILES string of the molecule is NC=NCCCOCCC(=O)c1ccc2ccccc2c1. The van der Waals surface area contributed by atoms with Crippen LogP contribution in [-0.2, 0) is 4.74 Å². The summed E-state index contributed by atoms with van der Waals surface area (Å²) in [6.45, 7) is 1.70. The van der Waals surface area contributed by atoms with Crippen molar-refractivity contribution < 1.29 is 9.53 Å². The number of carbonyl (C=O) groups excluding carboxylic acids is 1. The number of hydrogen-bond donors (Lipinski definition) is 1. The molecule has 0 spiro atoms. The van der Waals surface area contributed by atoms with Crippen molar-refractivity contribution in [3.8, 4) is 0 Å². The van der Waals surface area contributed by atoms with Gasteiger partial charge in [0.2, 0.25) is 0 Å². The predicted octanol–water partition coefficient (Wildman–Crippen LogP) is 2.81. The molecule has 110 valence electrons. The summed E-state index contributed by atoms with van der Waals surface area (Å²) in [6, 6.07) is 13.8. The highest BCUT2D eigenvalue weighted by Gasteiger charge is 2.06. The van der Waals surface area contributed by atoms with Crippen molar-refractivity contribution in [2.24, 2.45) is 10.7 Å². The van der Waals surface area contributed by atoms with Crippen molar-refractivity contribution in [1.29, 1.82) is 0 Å². The Morgan fingerprint density at radius 2 is 1.95 bits per heavy atom. The second kappa shape index (κ2) is 8.17. The van der Waals surface area contributed by atoms with E-state index in [9.17, 15) is 4.79 Å². The predicted molar refractivity (Wildman–Crippen MR) is 85.9 cm³/mol. The highest BCUT2D eigenvalue weighted by molar-refractivity contribution is 5.99. The van der Waals surface area contributed by atoms with Crippen molar-refractivity contribution in [3.05, 3.63) is 48.0 Å². The standard InChI is InChI=1S/C17H20N2O2/c18-13-19-9-3-10-21-11-8-17(20)16-7-6-14-4-1-2-5-15(14)12-16/h1-2,4-7,12-13H,3,8-11H2,(H2,18,19). The number of Topliss-reactive ketones (excluding diaryl/α,β-unsaturated/α-hetero) is 1. The van der Waals surface area contributed by atoms with Gasteiger partial charge in [-0.25, -0.2) is 0 Å². The van der Waals surface area contributed by atoms with Crippen LogP contribution in [0.4, 0.5) is 0 Å². The summed E-state index contributed by atoms with van der Waals surface area (Å²) in [4.78, 5) is 16.0. The van der Waals surface area contributed by atoms with E-state index in [4.69, 9.17) is 10.5 Å². The van der Waals surface area contributed by atoms with Crippen LogP contribution in [0.3, 0.4) is 0 Å². The smallest absolute Gasteiger partial charge is 0.165 e. The third-order valence-corrected chi connectivity index (χ3v) is 3.23. The summed E-state index contributed by atoms with van der Waals surface area (Å²) >= 11 is 0. The molecule has 0 bridgehead atoms. The third-order valence-electron chi connectivity index (χ3n) is 3.23. The van der Waals surface area contributed by atoms with Crippen LogP contribution in [0.2, 0.25) is 0 Å². The largest absolute Gasteiger partial charge is 0.390 e. The zero-order chi connectivity index (χ0) is 14.9. The third kappa shape index (κ3) is 4.68. The Bertz CT molecular complexity index is 623. The molecule has 2 rings (SSSR count). The van der Waals surface area contributed by atoms with Crippen LogP contribution in [0, 0.1) is 0 Å². The lowest BCUT2D eigenvalue weighted by Crippen LogP contribution is -2.06. The van der Waals surface area contributed by atoms with Gasteiger partial charge in [-0.05, 0) is 23.3 Å². The van der Waals surface area contributed by atoms with Gasteiger partial charge in [0, 0.05) is 25.1 Å². The number of rotatable bonds is 8. The number of ketones is 1. The monoisotopic (exact) mass is 284 g/mol. The summed E-state index contributed by atoms with van der Waals surface area (Å²) in [5, 5.41) is 2.23. The first-order valence-electron chi connectivity index (χ1n) is 7.11. The van der Waals surface area contributed by atoms with Gasteiger partial charge in [0.25, 0.3) is 0 Å². The Morgan fingerprint density at radius 1 is 1.14 bits per heavy atom. The quantitative estimate of drug-likeness (QED) is 0.351. The molecule has 0 heterocycles. The Balaban J connectivity index is 1.79. The molecule has 0 aromatic heterocycles. The average molecular weight is 284 g/mol. The van der Waals surface area contributed by atoms with Crippen LogP contribution in [0.15, 0.2) is 47.5 Å². The molecule has 4 heteroatoms. The van der Waals surface area contributed by atoms with Crippen molar-refractivity contribution in [2.75, 3.05) is 19.8 Å². The van der Waals surface area contributed by atoms with E-state index in [0.29, 0.717) is 26.2 Å². The zero-order valence-corrected chi connectivity index (χ0v) is 12.0.